The first-order chi connectivity index (χ1) is 14.5. The maximum atomic E-state index is 5.99. The lowest BCUT2D eigenvalue weighted by Crippen LogP contribution is -2.07. The summed E-state index contributed by atoms with van der Waals surface area (Å²) in [7, 11) is 0. The molecular weight excluding hydrogens is 400 g/mol. The van der Waals surface area contributed by atoms with Crippen LogP contribution in [0.3, 0.4) is 0 Å². The van der Waals surface area contributed by atoms with E-state index in [0.29, 0.717) is 36.7 Å². The normalized spacial score (nSPS) is 18.0. The van der Waals surface area contributed by atoms with Crippen LogP contribution in [0.15, 0.2) is 24.4 Å². The quantitative estimate of drug-likeness (QED) is 0.485. The molecule has 0 bridgehead atoms. The van der Waals surface area contributed by atoms with E-state index in [-0.39, 0.29) is 0 Å². The van der Waals surface area contributed by atoms with Crippen molar-refractivity contribution >= 4 is 22.8 Å². The lowest BCUT2D eigenvalue weighted by Gasteiger charge is -2.09. The third-order valence-electron chi connectivity index (χ3n) is 5.01. The predicted octanol–water partition coefficient (Wildman–Crippen LogP) is 3.09. The van der Waals surface area contributed by atoms with Crippen molar-refractivity contribution in [2.75, 3.05) is 11.9 Å². The highest BCUT2D eigenvalue weighted by atomic mass is 32.1. The fourth-order valence-corrected chi connectivity index (χ4v) is 4.13. The van der Waals surface area contributed by atoms with E-state index in [1.807, 2.05) is 43.6 Å². The monoisotopic (exact) mass is 422 g/mol. The summed E-state index contributed by atoms with van der Waals surface area (Å²) in [5, 5.41) is 18.0. The van der Waals surface area contributed by atoms with Gasteiger partial charge in [-0.2, -0.15) is 10.1 Å². The smallest absolute Gasteiger partial charge is 0.218 e. The topological polar surface area (TPSA) is 103 Å². The van der Waals surface area contributed by atoms with Gasteiger partial charge in [0.25, 0.3) is 0 Å². The Morgan fingerprint density at radius 3 is 2.90 bits per heavy atom. The maximum absolute atomic E-state index is 5.99. The Kier molecular flexibility index (Phi) is 4.78. The van der Waals surface area contributed by atoms with Crippen LogP contribution >= 0.6 is 11.3 Å². The molecule has 4 aromatic rings. The molecule has 154 valence electrons. The molecule has 1 aliphatic carbocycles. The third kappa shape index (κ3) is 4.09. The number of fused-ring (bicyclic) bond motifs is 1. The van der Waals surface area contributed by atoms with Crippen LogP contribution in [0.4, 0.5) is 5.82 Å². The molecule has 1 aliphatic rings. The number of ether oxygens (including phenoxy) is 1. The highest BCUT2D eigenvalue weighted by Crippen LogP contribution is 2.46. The molecule has 0 aliphatic heterocycles. The van der Waals surface area contributed by atoms with Gasteiger partial charge < -0.3 is 10.1 Å². The summed E-state index contributed by atoms with van der Waals surface area (Å²) >= 11 is 1.57. The predicted molar refractivity (Wildman–Crippen MR) is 113 cm³/mol. The molecule has 10 heteroatoms. The van der Waals surface area contributed by atoms with Gasteiger partial charge in [0.2, 0.25) is 5.88 Å². The maximum Gasteiger partial charge on any atom is 0.218 e. The number of nitrogens with one attached hydrogen (secondary N) is 1. The number of nitrogens with zero attached hydrogens (tertiary/aromatic N) is 7. The zero-order chi connectivity index (χ0) is 20.7. The van der Waals surface area contributed by atoms with Crippen molar-refractivity contribution in [3.05, 3.63) is 51.6 Å². The number of aromatic nitrogens is 7. The molecule has 0 saturated heterocycles. The molecule has 0 radical (unpaired) electrons. The van der Waals surface area contributed by atoms with Crippen molar-refractivity contribution in [2.45, 2.75) is 39.7 Å². The van der Waals surface area contributed by atoms with Crippen LogP contribution in [0, 0.1) is 26.7 Å². The van der Waals surface area contributed by atoms with Gasteiger partial charge in [0.1, 0.15) is 21.7 Å². The van der Waals surface area contributed by atoms with E-state index >= 15 is 0 Å². The van der Waals surface area contributed by atoms with Crippen molar-refractivity contribution in [2.24, 2.45) is 5.92 Å². The van der Waals surface area contributed by atoms with Gasteiger partial charge in [-0.05, 0) is 39.3 Å². The second kappa shape index (κ2) is 7.60. The molecule has 2 unspecified atom stereocenters. The lowest BCUT2D eigenvalue weighted by atomic mass is 10.2. The summed E-state index contributed by atoms with van der Waals surface area (Å²) in [5.41, 5.74) is 2.94. The highest BCUT2D eigenvalue weighted by molar-refractivity contribution is 7.11. The molecule has 4 heterocycles. The van der Waals surface area contributed by atoms with Gasteiger partial charge >= 0.3 is 0 Å². The van der Waals surface area contributed by atoms with Crippen molar-refractivity contribution in [1.29, 1.82) is 0 Å². The van der Waals surface area contributed by atoms with Crippen LogP contribution in [0.2, 0.25) is 0 Å². The Morgan fingerprint density at radius 2 is 2.07 bits per heavy atom. The summed E-state index contributed by atoms with van der Waals surface area (Å²) in [6.45, 7) is 6.97. The first-order valence-electron chi connectivity index (χ1n) is 9.88. The minimum Gasteiger partial charge on any atom is -0.477 e. The number of hydrogen-bond acceptors (Lipinski definition) is 9. The minimum atomic E-state index is 0.415. The molecule has 1 fully saturated rings. The summed E-state index contributed by atoms with van der Waals surface area (Å²) in [6, 6.07) is 5.92. The number of imidazole rings is 1. The van der Waals surface area contributed by atoms with E-state index in [1.54, 1.807) is 11.3 Å². The van der Waals surface area contributed by atoms with Gasteiger partial charge in [-0.15, -0.1) is 10.2 Å². The first kappa shape index (κ1) is 18.9. The van der Waals surface area contributed by atoms with Gasteiger partial charge in [-0.3, -0.25) is 0 Å². The molecule has 4 aromatic heterocycles. The Bertz CT molecular complexity index is 1200. The van der Waals surface area contributed by atoms with Crippen LogP contribution in [0.25, 0.3) is 5.65 Å². The van der Waals surface area contributed by atoms with Crippen molar-refractivity contribution in [3.63, 3.8) is 0 Å². The SMILES string of the molecule is Cc1cn2nc(C3CC3COc3cc(NCc4nnc(C)s4)nc(C)n3)ccc2n1. The Hall–Kier alpha value is -3.14. The molecule has 0 amide bonds. The van der Waals surface area contributed by atoms with Crippen molar-refractivity contribution in [3.8, 4) is 5.88 Å². The Labute approximate surface area is 177 Å². The zero-order valence-electron chi connectivity index (χ0n) is 17.0. The van der Waals surface area contributed by atoms with E-state index in [9.17, 15) is 0 Å². The molecule has 30 heavy (non-hydrogen) atoms. The average Bonchev–Trinajstić information content (AvgIpc) is 3.21. The molecule has 5 rings (SSSR count). The van der Waals surface area contributed by atoms with E-state index in [4.69, 9.17) is 9.84 Å². The summed E-state index contributed by atoms with van der Waals surface area (Å²) in [6.07, 6.45) is 3.02. The fourth-order valence-electron chi connectivity index (χ4n) is 3.48. The molecule has 1 N–H and O–H groups in total. The van der Waals surface area contributed by atoms with Gasteiger partial charge in [-0.1, -0.05) is 11.3 Å². The minimum absolute atomic E-state index is 0.415. The highest BCUT2D eigenvalue weighted by Gasteiger charge is 2.40. The molecule has 1 saturated carbocycles. The fraction of sp³-hybridized carbons (Fsp3) is 0.400. The van der Waals surface area contributed by atoms with E-state index < -0.39 is 0 Å². The summed E-state index contributed by atoms with van der Waals surface area (Å²) in [5.74, 6) is 2.82. The van der Waals surface area contributed by atoms with Crippen LogP contribution in [-0.4, -0.2) is 41.4 Å². The van der Waals surface area contributed by atoms with Gasteiger partial charge in [0.05, 0.1) is 30.7 Å². The van der Waals surface area contributed by atoms with Crippen molar-refractivity contribution < 1.29 is 4.74 Å². The van der Waals surface area contributed by atoms with Gasteiger partial charge in [0, 0.05) is 17.9 Å². The van der Waals surface area contributed by atoms with E-state index in [0.717, 1.165) is 39.3 Å². The third-order valence-corrected chi connectivity index (χ3v) is 5.85. The molecule has 0 spiro atoms. The number of rotatable bonds is 7. The van der Waals surface area contributed by atoms with Gasteiger partial charge in [0.15, 0.2) is 5.65 Å². The lowest BCUT2D eigenvalue weighted by molar-refractivity contribution is 0.284. The van der Waals surface area contributed by atoms with Crippen LogP contribution in [0.1, 0.15) is 39.6 Å². The van der Waals surface area contributed by atoms with E-state index in [2.05, 4.69) is 36.5 Å². The van der Waals surface area contributed by atoms with Crippen molar-refractivity contribution in [1.82, 2.24) is 34.8 Å². The number of aryl methyl sites for hydroxylation is 3. The summed E-state index contributed by atoms with van der Waals surface area (Å²) in [4.78, 5) is 13.3. The average molecular weight is 423 g/mol. The second-order valence-electron chi connectivity index (χ2n) is 7.56. The Morgan fingerprint density at radius 1 is 1.17 bits per heavy atom. The number of hydrogen-bond donors (Lipinski definition) is 1. The van der Waals surface area contributed by atoms with Crippen LogP contribution in [-0.2, 0) is 6.54 Å². The first-order valence-corrected chi connectivity index (χ1v) is 10.7. The largest absolute Gasteiger partial charge is 0.477 e. The summed E-state index contributed by atoms with van der Waals surface area (Å²) < 4.78 is 7.84. The van der Waals surface area contributed by atoms with Crippen LogP contribution < -0.4 is 10.1 Å². The molecule has 2 atom stereocenters. The molecule has 9 nitrogen and oxygen atoms in total. The van der Waals surface area contributed by atoms with E-state index in [1.165, 1.54) is 0 Å². The van der Waals surface area contributed by atoms with Crippen LogP contribution in [0.5, 0.6) is 5.88 Å². The molecular formula is C20H22N8OS. The van der Waals surface area contributed by atoms with Gasteiger partial charge in [-0.25, -0.2) is 14.5 Å². The zero-order valence-corrected chi connectivity index (χ0v) is 17.8. The second-order valence-corrected chi connectivity index (χ2v) is 8.83. The molecule has 0 aromatic carbocycles. The standard InChI is InChI=1S/C20H22N8OS/c1-11-9-28-18(22-11)5-4-16(27-28)15-6-14(15)10-29-19-7-17(23-12(2)24-19)21-8-20-26-25-13(3)30-20/h4-5,7,9,14-15H,6,8,10H2,1-3H3,(H,21,23,24). The number of anilines is 1. The Balaban J connectivity index is 1.19.